The highest BCUT2D eigenvalue weighted by atomic mass is 19.4. The van der Waals surface area contributed by atoms with Gasteiger partial charge in [0, 0.05) is 18.7 Å². The summed E-state index contributed by atoms with van der Waals surface area (Å²) in [4.78, 5) is 0. The van der Waals surface area contributed by atoms with E-state index in [1.807, 2.05) is 13.8 Å². The summed E-state index contributed by atoms with van der Waals surface area (Å²) >= 11 is 0. The molecule has 0 aromatic rings. The van der Waals surface area contributed by atoms with Crippen molar-refractivity contribution in [3.8, 4) is 0 Å². The van der Waals surface area contributed by atoms with Crippen LogP contribution in [0.25, 0.3) is 0 Å². The highest BCUT2D eigenvalue weighted by Crippen LogP contribution is 2.26. The topological polar surface area (TPSA) is 21.3 Å². The summed E-state index contributed by atoms with van der Waals surface area (Å²) in [5.41, 5.74) is -0.228. The molecule has 0 aromatic heterocycles. The lowest BCUT2D eigenvalue weighted by atomic mass is 9.93. The van der Waals surface area contributed by atoms with Crippen molar-refractivity contribution >= 4 is 0 Å². The largest absolute Gasteiger partial charge is 0.390 e. The second-order valence-corrected chi connectivity index (χ2v) is 5.18. The van der Waals surface area contributed by atoms with Gasteiger partial charge in [0.25, 0.3) is 0 Å². The molecule has 1 saturated heterocycles. The van der Waals surface area contributed by atoms with E-state index in [1.54, 1.807) is 6.92 Å². The van der Waals surface area contributed by atoms with Gasteiger partial charge < -0.3 is 10.1 Å². The van der Waals surface area contributed by atoms with Crippen LogP contribution in [0, 0.1) is 0 Å². The van der Waals surface area contributed by atoms with Gasteiger partial charge >= 0.3 is 6.18 Å². The second-order valence-electron chi connectivity index (χ2n) is 5.18. The fourth-order valence-corrected chi connectivity index (χ4v) is 2.18. The maximum Gasteiger partial charge on any atom is 0.390 e. The van der Waals surface area contributed by atoms with Gasteiger partial charge in [0.1, 0.15) is 0 Å². The SMILES string of the molecule is CC(CC(F)(F)F)NC1CCOC(C)(C)C1. The maximum absolute atomic E-state index is 12.1. The van der Waals surface area contributed by atoms with Gasteiger partial charge in [0.15, 0.2) is 0 Å². The first-order chi connectivity index (χ1) is 7.18. The molecule has 1 aliphatic rings. The number of hydrogen-bond acceptors (Lipinski definition) is 2. The Kier molecular flexibility index (Phi) is 4.23. The monoisotopic (exact) mass is 239 g/mol. The van der Waals surface area contributed by atoms with E-state index in [0.29, 0.717) is 6.61 Å². The molecular formula is C11H20F3NO. The quantitative estimate of drug-likeness (QED) is 0.817. The normalized spacial score (nSPS) is 27.8. The predicted molar refractivity (Wildman–Crippen MR) is 56.3 cm³/mol. The molecule has 2 atom stereocenters. The van der Waals surface area contributed by atoms with Crippen molar-refractivity contribution in [2.24, 2.45) is 0 Å². The van der Waals surface area contributed by atoms with Crippen molar-refractivity contribution in [2.75, 3.05) is 6.61 Å². The van der Waals surface area contributed by atoms with Crippen molar-refractivity contribution in [1.82, 2.24) is 5.32 Å². The lowest BCUT2D eigenvalue weighted by Gasteiger charge is -2.37. The molecule has 2 nitrogen and oxygen atoms in total. The van der Waals surface area contributed by atoms with Gasteiger partial charge in [-0.25, -0.2) is 0 Å². The summed E-state index contributed by atoms with van der Waals surface area (Å²) in [6.07, 6.45) is -3.32. The lowest BCUT2D eigenvalue weighted by Crippen LogP contribution is -2.47. The third kappa shape index (κ3) is 5.16. The van der Waals surface area contributed by atoms with E-state index in [9.17, 15) is 13.2 Å². The van der Waals surface area contributed by atoms with Gasteiger partial charge in [0.05, 0.1) is 12.0 Å². The molecule has 96 valence electrons. The molecule has 1 heterocycles. The second kappa shape index (κ2) is 4.92. The van der Waals surface area contributed by atoms with Gasteiger partial charge in [-0.1, -0.05) is 0 Å². The number of nitrogens with one attached hydrogen (secondary N) is 1. The van der Waals surface area contributed by atoms with Gasteiger partial charge in [-0.15, -0.1) is 0 Å². The average molecular weight is 239 g/mol. The van der Waals surface area contributed by atoms with E-state index in [-0.39, 0.29) is 11.6 Å². The first-order valence-electron chi connectivity index (χ1n) is 5.65. The molecule has 0 spiro atoms. The smallest absolute Gasteiger partial charge is 0.375 e. The minimum absolute atomic E-state index is 0.126. The van der Waals surface area contributed by atoms with Crippen LogP contribution < -0.4 is 5.32 Å². The maximum atomic E-state index is 12.1. The Morgan fingerprint density at radius 2 is 2.06 bits per heavy atom. The highest BCUT2D eigenvalue weighted by Gasteiger charge is 2.33. The Morgan fingerprint density at radius 1 is 1.44 bits per heavy atom. The number of alkyl halides is 3. The molecular weight excluding hydrogens is 219 g/mol. The molecule has 2 unspecified atom stereocenters. The van der Waals surface area contributed by atoms with E-state index < -0.39 is 18.6 Å². The lowest BCUT2D eigenvalue weighted by molar-refractivity contribution is -0.140. The first kappa shape index (κ1) is 13.8. The number of ether oxygens (including phenoxy) is 1. The Hall–Kier alpha value is -0.290. The predicted octanol–water partition coefficient (Wildman–Crippen LogP) is 2.87. The number of rotatable bonds is 3. The van der Waals surface area contributed by atoms with Crippen LogP contribution in [0.2, 0.25) is 0 Å². The van der Waals surface area contributed by atoms with Crippen molar-refractivity contribution in [1.29, 1.82) is 0 Å². The summed E-state index contributed by atoms with van der Waals surface area (Å²) in [6.45, 7) is 6.13. The summed E-state index contributed by atoms with van der Waals surface area (Å²) < 4.78 is 42.0. The van der Waals surface area contributed by atoms with E-state index in [4.69, 9.17) is 4.74 Å². The van der Waals surface area contributed by atoms with E-state index in [1.165, 1.54) is 0 Å². The van der Waals surface area contributed by atoms with Gasteiger partial charge in [-0.05, 0) is 33.6 Å². The third-order valence-corrected chi connectivity index (χ3v) is 2.75. The molecule has 5 heteroatoms. The van der Waals surface area contributed by atoms with Crippen LogP contribution in [0.15, 0.2) is 0 Å². The fourth-order valence-electron chi connectivity index (χ4n) is 2.18. The van der Waals surface area contributed by atoms with Crippen molar-refractivity contribution in [2.45, 2.75) is 63.9 Å². The van der Waals surface area contributed by atoms with Crippen molar-refractivity contribution < 1.29 is 17.9 Å². The van der Waals surface area contributed by atoms with Gasteiger partial charge in [-0.3, -0.25) is 0 Å². The Morgan fingerprint density at radius 3 is 2.56 bits per heavy atom. The zero-order valence-electron chi connectivity index (χ0n) is 10.0. The molecule has 0 radical (unpaired) electrons. The summed E-state index contributed by atoms with van der Waals surface area (Å²) in [7, 11) is 0. The zero-order chi connectivity index (χ0) is 12.4. The van der Waals surface area contributed by atoms with Gasteiger partial charge in [0.2, 0.25) is 0 Å². The van der Waals surface area contributed by atoms with Crippen molar-refractivity contribution in [3.63, 3.8) is 0 Å². The van der Waals surface area contributed by atoms with Crippen LogP contribution in [-0.4, -0.2) is 30.5 Å². The van der Waals surface area contributed by atoms with Crippen molar-refractivity contribution in [3.05, 3.63) is 0 Å². The summed E-state index contributed by atoms with van der Waals surface area (Å²) in [5.74, 6) is 0. The van der Waals surface area contributed by atoms with Crippen LogP contribution in [0.1, 0.15) is 40.0 Å². The van der Waals surface area contributed by atoms with Crippen LogP contribution in [0.3, 0.4) is 0 Å². The van der Waals surface area contributed by atoms with Crippen LogP contribution >= 0.6 is 0 Å². The van der Waals surface area contributed by atoms with Gasteiger partial charge in [-0.2, -0.15) is 13.2 Å². The molecule has 16 heavy (non-hydrogen) atoms. The highest BCUT2D eigenvalue weighted by molar-refractivity contribution is 4.84. The third-order valence-electron chi connectivity index (χ3n) is 2.75. The molecule has 0 amide bonds. The number of hydrogen-bond donors (Lipinski definition) is 1. The molecule has 1 N–H and O–H groups in total. The minimum atomic E-state index is -4.09. The van der Waals surface area contributed by atoms with E-state index in [0.717, 1.165) is 12.8 Å². The molecule has 1 aliphatic heterocycles. The average Bonchev–Trinajstić information content (AvgIpc) is 1.96. The molecule has 0 aromatic carbocycles. The number of halogens is 3. The summed E-state index contributed by atoms with van der Waals surface area (Å²) in [5, 5.41) is 3.03. The van der Waals surface area contributed by atoms with E-state index in [2.05, 4.69) is 5.32 Å². The molecule has 1 fully saturated rings. The summed E-state index contributed by atoms with van der Waals surface area (Å²) in [6, 6.07) is -0.403. The molecule has 0 aliphatic carbocycles. The first-order valence-corrected chi connectivity index (χ1v) is 5.65. The van der Waals surface area contributed by atoms with Crippen LogP contribution in [0.4, 0.5) is 13.2 Å². The molecule has 0 saturated carbocycles. The molecule has 1 rings (SSSR count). The Bertz CT molecular complexity index is 228. The molecule has 0 bridgehead atoms. The fraction of sp³-hybridized carbons (Fsp3) is 1.00. The zero-order valence-corrected chi connectivity index (χ0v) is 10.0. The Balaban J connectivity index is 2.36. The standard InChI is InChI=1S/C11H20F3NO/c1-8(6-11(12,13)14)15-9-4-5-16-10(2,3)7-9/h8-9,15H,4-7H2,1-3H3. The minimum Gasteiger partial charge on any atom is -0.375 e. The van der Waals surface area contributed by atoms with Crippen LogP contribution in [0.5, 0.6) is 0 Å². The Labute approximate surface area is 94.5 Å². The van der Waals surface area contributed by atoms with Crippen LogP contribution in [-0.2, 0) is 4.74 Å². The van der Waals surface area contributed by atoms with E-state index >= 15 is 0 Å².